The monoisotopic (exact) mass is 383 g/mol. The highest BCUT2D eigenvalue weighted by molar-refractivity contribution is 7.99. The molecule has 6 nitrogen and oxygen atoms in total. The molecule has 0 radical (unpaired) electrons. The zero-order chi connectivity index (χ0) is 18.6. The van der Waals surface area contributed by atoms with Gasteiger partial charge in [-0.3, -0.25) is 4.79 Å². The molecule has 1 aliphatic carbocycles. The lowest BCUT2D eigenvalue weighted by atomic mass is 10.1. The predicted molar refractivity (Wildman–Crippen MR) is 102 cm³/mol. The van der Waals surface area contributed by atoms with Crippen molar-refractivity contribution in [1.29, 1.82) is 0 Å². The smallest absolute Gasteiger partial charge is 0.284 e. The molecule has 2 heterocycles. The van der Waals surface area contributed by atoms with Crippen molar-refractivity contribution in [2.24, 2.45) is 5.92 Å². The molecule has 1 fully saturated rings. The number of benzene rings is 1. The minimum atomic E-state index is 0.0843. The van der Waals surface area contributed by atoms with Crippen LogP contribution >= 0.6 is 11.8 Å². The number of carbonyl (C=O) groups is 1. The maximum atomic E-state index is 12.9. The molecule has 7 heteroatoms. The quantitative estimate of drug-likeness (QED) is 0.542. The number of rotatable bonds is 8. The maximum absolute atomic E-state index is 12.9. The molecule has 140 valence electrons. The van der Waals surface area contributed by atoms with Crippen LogP contribution in [0.1, 0.15) is 25.3 Å². The van der Waals surface area contributed by atoms with Crippen LogP contribution < -0.4 is 0 Å². The molecule has 4 rings (SSSR count). The van der Waals surface area contributed by atoms with E-state index in [0.717, 1.165) is 5.56 Å². The Morgan fingerprint density at radius 3 is 2.74 bits per heavy atom. The molecular weight excluding hydrogens is 362 g/mol. The summed E-state index contributed by atoms with van der Waals surface area (Å²) in [4.78, 5) is 14.9. The largest absolute Gasteiger partial charge is 0.459 e. The van der Waals surface area contributed by atoms with Crippen LogP contribution in [0.25, 0.3) is 11.7 Å². The van der Waals surface area contributed by atoms with E-state index in [1.54, 1.807) is 18.4 Å². The summed E-state index contributed by atoms with van der Waals surface area (Å²) >= 11 is 1.26. The van der Waals surface area contributed by atoms with E-state index in [9.17, 15) is 4.79 Å². The third-order valence-electron chi connectivity index (χ3n) is 4.77. The number of amides is 1. The number of furan rings is 1. The fourth-order valence-electron chi connectivity index (χ4n) is 3.05. The average Bonchev–Trinajstić information content (AvgIpc) is 3.19. The first-order valence-corrected chi connectivity index (χ1v) is 10.0. The normalized spacial score (nSPS) is 14.9. The molecule has 3 aromatic rings. The molecule has 1 unspecified atom stereocenters. The van der Waals surface area contributed by atoms with Crippen LogP contribution in [0.15, 0.2) is 62.8 Å². The molecule has 0 aliphatic heterocycles. The Labute approximate surface area is 162 Å². The van der Waals surface area contributed by atoms with E-state index >= 15 is 0 Å². The van der Waals surface area contributed by atoms with Crippen LogP contribution in [-0.2, 0) is 11.3 Å². The van der Waals surface area contributed by atoms with Crippen LogP contribution in [0.4, 0.5) is 0 Å². The summed E-state index contributed by atoms with van der Waals surface area (Å²) in [6.45, 7) is 2.77. The van der Waals surface area contributed by atoms with E-state index < -0.39 is 0 Å². The van der Waals surface area contributed by atoms with Crippen molar-refractivity contribution in [2.75, 3.05) is 5.75 Å². The number of thioether (sulfide) groups is 1. The summed E-state index contributed by atoms with van der Waals surface area (Å²) < 4.78 is 10.8. The Balaban J connectivity index is 1.40. The maximum Gasteiger partial charge on any atom is 0.284 e. The summed E-state index contributed by atoms with van der Waals surface area (Å²) in [7, 11) is 0. The van der Waals surface area contributed by atoms with Crippen LogP contribution in [-0.4, -0.2) is 32.8 Å². The standard InChI is InChI=1S/C20H21N3O3S/c1-14(16-9-10-16)23(12-15-6-3-2-4-7-15)18(24)13-27-20-22-21-19(26-20)17-8-5-11-25-17/h2-8,11,14,16H,9-10,12-13H2,1H3. The topological polar surface area (TPSA) is 72.4 Å². The van der Waals surface area contributed by atoms with Crippen molar-refractivity contribution in [3.63, 3.8) is 0 Å². The van der Waals surface area contributed by atoms with Gasteiger partial charge in [-0.15, -0.1) is 10.2 Å². The van der Waals surface area contributed by atoms with Gasteiger partial charge < -0.3 is 13.7 Å². The van der Waals surface area contributed by atoms with Crippen molar-refractivity contribution >= 4 is 17.7 Å². The first-order chi connectivity index (χ1) is 13.2. The molecule has 1 saturated carbocycles. The van der Waals surface area contributed by atoms with Crippen molar-refractivity contribution in [1.82, 2.24) is 15.1 Å². The number of aromatic nitrogens is 2. The molecule has 0 N–H and O–H groups in total. The van der Waals surface area contributed by atoms with Gasteiger partial charge in [0.1, 0.15) is 0 Å². The zero-order valence-electron chi connectivity index (χ0n) is 15.1. The van der Waals surface area contributed by atoms with E-state index in [2.05, 4.69) is 29.3 Å². The first-order valence-electron chi connectivity index (χ1n) is 9.04. The highest BCUT2D eigenvalue weighted by Gasteiger charge is 2.34. The van der Waals surface area contributed by atoms with Crippen LogP contribution in [0.2, 0.25) is 0 Å². The molecule has 1 aromatic carbocycles. The van der Waals surface area contributed by atoms with Gasteiger partial charge in [-0.25, -0.2) is 0 Å². The minimum Gasteiger partial charge on any atom is -0.459 e. The summed E-state index contributed by atoms with van der Waals surface area (Å²) in [6.07, 6.45) is 3.95. The van der Waals surface area contributed by atoms with Gasteiger partial charge in [0.25, 0.3) is 11.1 Å². The van der Waals surface area contributed by atoms with Gasteiger partial charge in [0.15, 0.2) is 5.76 Å². The van der Waals surface area contributed by atoms with Crippen molar-refractivity contribution in [3.05, 3.63) is 54.3 Å². The molecule has 2 aromatic heterocycles. The number of nitrogens with zero attached hydrogens (tertiary/aromatic N) is 3. The molecule has 1 atom stereocenters. The number of hydrogen-bond acceptors (Lipinski definition) is 6. The minimum absolute atomic E-state index is 0.0843. The first kappa shape index (κ1) is 17.9. The third-order valence-corrected chi connectivity index (χ3v) is 5.57. The third kappa shape index (κ3) is 4.42. The molecular formula is C20H21N3O3S. The summed E-state index contributed by atoms with van der Waals surface area (Å²) in [5.74, 6) is 1.80. The fraction of sp³-hybridized carbons (Fsp3) is 0.350. The van der Waals surface area contributed by atoms with E-state index in [0.29, 0.717) is 29.3 Å². The molecule has 1 amide bonds. The van der Waals surface area contributed by atoms with Crippen molar-refractivity contribution in [2.45, 2.75) is 37.6 Å². The average molecular weight is 383 g/mol. The Morgan fingerprint density at radius 1 is 1.22 bits per heavy atom. The van der Waals surface area contributed by atoms with Crippen LogP contribution in [0, 0.1) is 5.92 Å². The second-order valence-corrected chi connectivity index (χ2v) is 7.65. The lowest BCUT2D eigenvalue weighted by Gasteiger charge is -2.29. The van der Waals surface area contributed by atoms with Gasteiger partial charge in [-0.1, -0.05) is 42.1 Å². The van der Waals surface area contributed by atoms with Gasteiger partial charge in [-0.05, 0) is 43.4 Å². The van der Waals surface area contributed by atoms with Crippen molar-refractivity contribution in [3.8, 4) is 11.7 Å². The van der Waals surface area contributed by atoms with E-state index in [1.807, 2.05) is 23.1 Å². The highest BCUT2D eigenvalue weighted by Crippen LogP contribution is 2.36. The lowest BCUT2D eigenvalue weighted by Crippen LogP contribution is -2.40. The van der Waals surface area contributed by atoms with Gasteiger partial charge in [0.05, 0.1) is 12.0 Å². The Hall–Kier alpha value is -2.54. The highest BCUT2D eigenvalue weighted by atomic mass is 32.2. The molecule has 0 bridgehead atoms. The van der Waals surface area contributed by atoms with Gasteiger partial charge in [-0.2, -0.15) is 0 Å². The van der Waals surface area contributed by atoms with Crippen molar-refractivity contribution < 1.29 is 13.6 Å². The molecule has 1 aliphatic rings. The zero-order valence-corrected chi connectivity index (χ0v) is 15.9. The Morgan fingerprint density at radius 2 is 2.04 bits per heavy atom. The molecule has 27 heavy (non-hydrogen) atoms. The van der Waals surface area contributed by atoms with Gasteiger partial charge in [0, 0.05) is 12.6 Å². The molecule has 0 spiro atoms. The van der Waals surface area contributed by atoms with Gasteiger partial charge in [0.2, 0.25) is 5.91 Å². The Kier molecular flexibility index (Phi) is 5.29. The summed E-state index contributed by atoms with van der Waals surface area (Å²) in [5, 5.41) is 8.33. The van der Waals surface area contributed by atoms with E-state index in [1.165, 1.54) is 24.6 Å². The summed E-state index contributed by atoms with van der Waals surface area (Å²) in [5.41, 5.74) is 1.14. The fourth-order valence-corrected chi connectivity index (χ4v) is 3.70. The van der Waals surface area contributed by atoms with E-state index in [4.69, 9.17) is 8.83 Å². The number of hydrogen-bond donors (Lipinski definition) is 0. The second kappa shape index (κ2) is 8.00. The van der Waals surface area contributed by atoms with Crippen LogP contribution in [0.5, 0.6) is 0 Å². The Bertz CT molecular complexity index is 875. The van der Waals surface area contributed by atoms with Gasteiger partial charge >= 0.3 is 0 Å². The predicted octanol–water partition coefficient (Wildman–Crippen LogP) is 4.25. The molecule has 0 saturated heterocycles. The second-order valence-electron chi connectivity index (χ2n) is 6.72. The van der Waals surface area contributed by atoms with E-state index in [-0.39, 0.29) is 17.7 Å². The lowest BCUT2D eigenvalue weighted by molar-refractivity contribution is -0.131. The summed E-state index contributed by atoms with van der Waals surface area (Å²) in [6, 6.07) is 13.9. The van der Waals surface area contributed by atoms with Crippen LogP contribution in [0.3, 0.4) is 0 Å². The SMILES string of the molecule is CC(C1CC1)N(Cc1ccccc1)C(=O)CSc1nnc(-c2ccco2)o1. The number of carbonyl (C=O) groups excluding carboxylic acids is 1.